The number of hydrogen-bond donors (Lipinski definition) is 2. The summed E-state index contributed by atoms with van der Waals surface area (Å²) in [5.41, 5.74) is 3.62. The zero-order valence-electron chi connectivity index (χ0n) is 31.0. The molecular formula is C40H44FN9O3. The second-order valence-corrected chi connectivity index (χ2v) is 14.3. The van der Waals surface area contributed by atoms with E-state index in [4.69, 9.17) is 4.98 Å². The molecule has 0 saturated carbocycles. The minimum absolute atomic E-state index is 0.0330. The Morgan fingerprint density at radius 3 is 2.68 bits per heavy atom. The molecule has 0 radical (unpaired) electrons. The number of fused-ring (bicyclic) bond motifs is 2. The minimum atomic E-state index is -0.639. The molecule has 13 heteroatoms. The van der Waals surface area contributed by atoms with Crippen molar-refractivity contribution in [3.8, 4) is 23.0 Å². The second kappa shape index (κ2) is 15.1. The monoisotopic (exact) mass is 717 g/mol. The molecule has 1 fully saturated rings. The van der Waals surface area contributed by atoms with E-state index in [1.807, 2.05) is 58.8 Å². The number of aryl methyl sites for hydroxylation is 2. The molecule has 1 aliphatic rings. The number of nitrogens with one attached hydrogen (secondary N) is 2. The van der Waals surface area contributed by atoms with Gasteiger partial charge in [0, 0.05) is 48.2 Å². The number of carbonyl (C=O) groups is 2. The van der Waals surface area contributed by atoms with Crippen molar-refractivity contribution in [2.45, 2.75) is 64.8 Å². The van der Waals surface area contributed by atoms with Crippen molar-refractivity contribution >= 4 is 33.8 Å². The molecule has 0 spiro atoms. The minimum Gasteiger partial charge on any atom is -0.351 e. The van der Waals surface area contributed by atoms with Gasteiger partial charge in [-0.25, -0.2) is 9.37 Å². The largest absolute Gasteiger partial charge is 0.351 e. The van der Waals surface area contributed by atoms with Crippen molar-refractivity contribution in [3.05, 3.63) is 93.4 Å². The summed E-state index contributed by atoms with van der Waals surface area (Å²) < 4.78 is 18.3. The molecule has 1 aromatic carbocycles. The predicted octanol–water partition coefficient (Wildman–Crippen LogP) is 5.67. The number of piperidine rings is 1. The number of nitrogens with zero attached hydrogens (tertiary/aromatic N) is 7. The number of carbonyl (C=O) groups excluding carboxylic acids is 2. The average Bonchev–Trinajstić information content (AvgIpc) is 3.60. The van der Waals surface area contributed by atoms with Crippen LogP contribution in [0.15, 0.2) is 54.1 Å². The van der Waals surface area contributed by atoms with E-state index in [2.05, 4.69) is 33.1 Å². The fraction of sp³-hybridized carbons (Fsp3) is 0.375. The number of aromatic amines is 1. The first-order valence-corrected chi connectivity index (χ1v) is 17.8. The van der Waals surface area contributed by atoms with Crippen LogP contribution in [0.25, 0.3) is 38.9 Å². The molecule has 12 nitrogen and oxygen atoms in total. The van der Waals surface area contributed by atoms with Crippen LogP contribution >= 0.6 is 0 Å². The van der Waals surface area contributed by atoms with E-state index in [0.29, 0.717) is 51.8 Å². The number of benzene rings is 1. The fourth-order valence-electron chi connectivity index (χ4n) is 7.56. The number of nitriles is 1. The van der Waals surface area contributed by atoms with Crippen molar-refractivity contribution < 1.29 is 14.0 Å². The summed E-state index contributed by atoms with van der Waals surface area (Å²) in [5.74, 6) is -2.16. The third-order valence-corrected chi connectivity index (χ3v) is 10.1. The number of rotatable bonds is 10. The Hall–Kier alpha value is -5.74. The summed E-state index contributed by atoms with van der Waals surface area (Å²) in [6.07, 6.45) is 5.18. The van der Waals surface area contributed by atoms with Crippen molar-refractivity contribution in [1.29, 1.82) is 5.26 Å². The predicted molar refractivity (Wildman–Crippen MR) is 203 cm³/mol. The van der Waals surface area contributed by atoms with E-state index < -0.39 is 29.2 Å². The van der Waals surface area contributed by atoms with E-state index >= 15 is 9.18 Å². The topological polar surface area (TPSA) is 153 Å². The van der Waals surface area contributed by atoms with Crippen LogP contribution in [0.2, 0.25) is 0 Å². The Labute approximate surface area is 307 Å². The van der Waals surface area contributed by atoms with Gasteiger partial charge in [-0.2, -0.15) is 10.4 Å². The molecule has 274 valence electrons. The zero-order valence-corrected chi connectivity index (χ0v) is 31.0. The molecule has 1 unspecified atom stereocenters. The fourth-order valence-corrected chi connectivity index (χ4v) is 7.56. The Bertz CT molecular complexity index is 2350. The smallest absolute Gasteiger partial charge is 0.270 e. The number of H-pyrrole nitrogens is 1. The number of amides is 2. The Kier molecular flexibility index (Phi) is 10.5. The summed E-state index contributed by atoms with van der Waals surface area (Å²) in [6, 6.07) is 8.56. The second-order valence-electron chi connectivity index (χ2n) is 14.3. The highest BCUT2D eigenvalue weighted by Crippen LogP contribution is 2.41. The maximum atomic E-state index is 16.9. The molecule has 1 aliphatic heterocycles. The highest BCUT2D eigenvalue weighted by atomic mass is 19.1. The quantitative estimate of drug-likeness (QED) is 0.175. The maximum absolute atomic E-state index is 16.9. The summed E-state index contributed by atoms with van der Waals surface area (Å²) in [5, 5.41) is 20.8. The van der Waals surface area contributed by atoms with E-state index in [-0.39, 0.29) is 54.7 Å². The van der Waals surface area contributed by atoms with Crippen molar-refractivity contribution in [3.63, 3.8) is 0 Å². The first-order valence-electron chi connectivity index (χ1n) is 17.8. The number of halogens is 1. The van der Waals surface area contributed by atoms with Gasteiger partial charge in [0.05, 0.1) is 35.6 Å². The lowest BCUT2D eigenvalue weighted by molar-refractivity contribution is -0.129. The molecule has 2 atom stereocenters. The number of pyridine rings is 3. The van der Waals surface area contributed by atoms with Gasteiger partial charge in [0.2, 0.25) is 5.91 Å². The third-order valence-electron chi connectivity index (χ3n) is 10.1. The van der Waals surface area contributed by atoms with Crippen LogP contribution < -0.4 is 10.9 Å². The molecule has 6 rings (SSSR count). The van der Waals surface area contributed by atoms with Crippen molar-refractivity contribution in [1.82, 2.24) is 39.8 Å². The maximum Gasteiger partial charge on any atom is 0.270 e. The number of likely N-dealkylation sites (tertiary alicyclic amines) is 1. The van der Waals surface area contributed by atoms with Gasteiger partial charge < -0.3 is 15.1 Å². The lowest BCUT2D eigenvalue weighted by Gasteiger charge is -2.39. The van der Waals surface area contributed by atoms with Crippen molar-refractivity contribution in [2.24, 2.45) is 0 Å². The number of hydrogen-bond acceptors (Lipinski definition) is 8. The molecule has 2 amide bonds. The lowest BCUT2D eigenvalue weighted by atomic mass is 9.80. The number of likely N-dealkylation sites (N-methyl/N-ethyl adjacent to an activating group) is 1. The average molecular weight is 718 g/mol. The van der Waals surface area contributed by atoms with E-state index in [0.717, 1.165) is 11.1 Å². The molecule has 4 aromatic heterocycles. The van der Waals surface area contributed by atoms with E-state index in [1.165, 1.54) is 16.7 Å². The van der Waals surface area contributed by atoms with Crippen LogP contribution in [0, 0.1) is 31.0 Å². The highest BCUT2D eigenvalue weighted by molar-refractivity contribution is 6.02. The van der Waals surface area contributed by atoms with Gasteiger partial charge in [-0.15, -0.1) is 0 Å². The van der Waals surface area contributed by atoms with E-state index in [9.17, 15) is 14.9 Å². The molecule has 5 heterocycles. The molecule has 5 aromatic rings. The zero-order chi connectivity index (χ0) is 38.1. The Morgan fingerprint density at radius 1 is 1.21 bits per heavy atom. The third kappa shape index (κ3) is 6.82. The molecule has 1 saturated heterocycles. The first kappa shape index (κ1) is 37.0. The lowest BCUT2D eigenvalue weighted by Crippen LogP contribution is -2.45. The van der Waals surface area contributed by atoms with E-state index in [1.54, 1.807) is 23.4 Å². The number of aromatic nitrogens is 5. The normalized spacial score (nSPS) is 16.0. The first-order chi connectivity index (χ1) is 25.4. The molecule has 53 heavy (non-hydrogen) atoms. The van der Waals surface area contributed by atoms with Crippen LogP contribution in [0.3, 0.4) is 0 Å². The van der Waals surface area contributed by atoms with Gasteiger partial charge in [0.15, 0.2) is 0 Å². The van der Waals surface area contributed by atoms with Crippen LogP contribution in [-0.2, 0) is 4.79 Å². The SMILES string of the molecule is C=CC(=O)N1CCC(c2c(C(=O)NCCN(C)C)c(=O)n(-c3c(C)ccnc3C(C)C)c3nc(-c4c(C)ccc5[nH]ncc45)c(F)cc23)C[C@@H]1CC#N. The van der Waals surface area contributed by atoms with Crippen molar-refractivity contribution in [2.75, 3.05) is 33.7 Å². The molecule has 0 bridgehead atoms. The highest BCUT2D eigenvalue weighted by Gasteiger charge is 2.37. The Balaban J connectivity index is 1.74. The Morgan fingerprint density at radius 2 is 1.98 bits per heavy atom. The summed E-state index contributed by atoms with van der Waals surface area (Å²) >= 11 is 0. The van der Waals surface area contributed by atoms with Crippen LogP contribution in [0.4, 0.5) is 4.39 Å². The molecule has 0 aliphatic carbocycles. The van der Waals surface area contributed by atoms with Gasteiger partial charge in [-0.05, 0) is 93.6 Å². The van der Waals surface area contributed by atoms with Gasteiger partial charge in [0.1, 0.15) is 22.7 Å². The molecular weight excluding hydrogens is 673 g/mol. The van der Waals surface area contributed by atoms with Crippen LogP contribution in [0.5, 0.6) is 0 Å². The standard InChI is InChI=1S/C40H44FN9O3/c1-8-31(51)49-17-13-25(19-26(49)11-14-42)33-27-20-29(41)36(32-23(4)9-10-30-28(32)21-45-47-30)46-38(27)50(37-24(5)12-15-43-35(37)22(2)3)40(53)34(33)39(52)44-16-18-48(6)7/h8-10,12,15,20-22,25-26H,1,11,13,16-19H2,2-7H3,(H,44,52)(H,45,47)/t25?,26-/m0/s1. The van der Waals surface area contributed by atoms with Crippen LogP contribution in [-0.4, -0.2) is 86.1 Å². The van der Waals surface area contributed by atoms with Gasteiger partial charge in [-0.1, -0.05) is 26.5 Å². The summed E-state index contributed by atoms with van der Waals surface area (Å²) in [7, 11) is 3.76. The van der Waals surface area contributed by atoms with Gasteiger partial charge in [0.25, 0.3) is 11.5 Å². The summed E-state index contributed by atoms with van der Waals surface area (Å²) in [4.78, 5) is 55.7. The molecule has 2 N–H and O–H groups in total. The summed E-state index contributed by atoms with van der Waals surface area (Å²) in [6.45, 7) is 12.3. The van der Waals surface area contributed by atoms with Crippen LogP contribution in [0.1, 0.15) is 77.7 Å². The van der Waals surface area contributed by atoms with Gasteiger partial charge in [-0.3, -0.25) is 29.0 Å². The van der Waals surface area contributed by atoms with Gasteiger partial charge >= 0.3 is 0 Å².